The molecule has 1 aliphatic heterocycles. The van der Waals surface area contributed by atoms with Crippen molar-refractivity contribution in [3.05, 3.63) is 16.6 Å². The number of aromatic nitrogens is 1. The summed E-state index contributed by atoms with van der Waals surface area (Å²) in [5, 5.41) is 9.31. The molecule has 4 nitrogen and oxygen atoms in total. The average Bonchev–Trinajstić information content (AvgIpc) is 3.01. The van der Waals surface area contributed by atoms with Crippen LogP contribution in [-0.2, 0) is 10.3 Å². The molecule has 0 spiro atoms. The lowest BCUT2D eigenvalue weighted by molar-refractivity contribution is -0.126. The van der Waals surface area contributed by atoms with Crippen LogP contribution in [0.5, 0.6) is 0 Å². The van der Waals surface area contributed by atoms with E-state index >= 15 is 0 Å². The summed E-state index contributed by atoms with van der Waals surface area (Å²) in [6, 6.07) is 0. The molecule has 2 heterocycles. The zero-order valence-electron chi connectivity index (χ0n) is 11.1. The normalized spacial score (nSPS) is 20.8. The first-order valence-corrected chi connectivity index (χ1v) is 6.96. The molecule has 1 aromatic heterocycles. The van der Waals surface area contributed by atoms with E-state index in [9.17, 15) is 4.79 Å². The van der Waals surface area contributed by atoms with Crippen molar-refractivity contribution in [1.82, 2.24) is 15.6 Å². The summed E-state index contributed by atoms with van der Waals surface area (Å²) in [6.07, 6.45) is 3.58. The summed E-state index contributed by atoms with van der Waals surface area (Å²) >= 11 is 1.60. The Balaban J connectivity index is 0.00000162. The third-order valence-corrected chi connectivity index (χ3v) is 4.48. The minimum Gasteiger partial charge on any atom is -0.344 e. The van der Waals surface area contributed by atoms with Crippen LogP contribution in [0.4, 0.5) is 0 Å². The maximum atomic E-state index is 12.1. The van der Waals surface area contributed by atoms with E-state index < -0.39 is 0 Å². The molecular formula is C12H21Cl2N3OS. The molecule has 2 N–H and O–H groups in total. The Morgan fingerprint density at radius 3 is 2.84 bits per heavy atom. The van der Waals surface area contributed by atoms with Crippen molar-refractivity contribution >= 4 is 42.1 Å². The predicted molar refractivity (Wildman–Crippen MR) is 83.4 cm³/mol. The second-order valence-corrected chi connectivity index (χ2v) is 5.60. The summed E-state index contributed by atoms with van der Waals surface area (Å²) in [6.45, 7) is 5.86. The van der Waals surface area contributed by atoms with E-state index in [0.717, 1.165) is 30.9 Å². The van der Waals surface area contributed by atoms with Crippen molar-refractivity contribution < 1.29 is 4.79 Å². The van der Waals surface area contributed by atoms with E-state index in [2.05, 4.69) is 22.5 Å². The van der Waals surface area contributed by atoms with Crippen LogP contribution in [-0.4, -0.2) is 24.0 Å². The van der Waals surface area contributed by atoms with Crippen LogP contribution in [0.1, 0.15) is 31.7 Å². The standard InChI is InChI=1S/C12H19N3OS.2ClH/c1-3-12(2,11-14-6-7-17-11)15-10(16)9-4-5-13-8-9;;/h6-7,9,13H,3-5,8H2,1-2H3,(H,15,16);2*1H. The zero-order chi connectivity index (χ0) is 12.3. The molecule has 1 amide bonds. The van der Waals surface area contributed by atoms with Gasteiger partial charge in [0.25, 0.3) is 0 Å². The van der Waals surface area contributed by atoms with Gasteiger partial charge in [0.15, 0.2) is 0 Å². The summed E-state index contributed by atoms with van der Waals surface area (Å²) < 4.78 is 0. The number of carbonyl (C=O) groups excluding carboxylic acids is 1. The van der Waals surface area contributed by atoms with E-state index in [1.807, 2.05) is 12.3 Å². The first kappa shape index (κ1) is 18.6. The Bertz CT molecular complexity index is 382. The fourth-order valence-electron chi connectivity index (χ4n) is 2.04. The van der Waals surface area contributed by atoms with Crippen LogP contribution in [0, 0.1) is 5.92 Å². The van der Waals surface area contributed by atoms with Crippen molar-refractivity contribution in [1.29, 1.82) is 0 Å². The Kier molecular flexibility index (Phi) is 7.89. The number of thiazole rings is 1. The molecule has 0 radical (unpaired) electrons. The zero-order valence-corrected chi connectivity index (χ0v) is 13.6. The van der Waals surface area contributed by atoms with Crippen LogP contribution in [0.3, 0.4) is 0 Å². The second kappa shape index (κ2) is 8.04. The molecule has 7 heteroatoms. The van der Waals surface area contributed by atoms with Gasteiger partial charge in [0, 0.05) is 18.1 Å². The number of amides is 1. The van der Waals surface area contributed by atoms with Crippen molar-refractivity contribution in [2.75, 3.05) is 13.1 Å². The highest BCUT2D eigenvalue weighted by Crippen LogP contribution is 2.27. The largest absolute Gasteiger partial charge is 0.344 e. The van der Waals surface area contributed by atoms with Crippen molar-refractivity contribution in [2.45, 2.75) is 32.2 Å². The van der Waals surface area contributed by atoms with Crippen LogP contribution in [0.2, 0.25) is 0 Å². The summed E-state index contributed by atoms with van der Waals surface area (Å²) in [4.78, 5) is 16.5. The fourth-order valence-corrected chi connectivity index (χ4v) is 2.87. The highest BCUT2D eigenvalue weighted by atomic mass is 35.5. The quantitative estimate of drug-likeness (QED) is 0.893. The lowest BCUT2D eigenvalue weighted by Gasteiger charge is -2.28. The minimum absolute atomic E-state index is 0. The van der Waals surface area contributed by atoms with Gasteiger partial charge in [-0.2, -0.15) is 0 Å². The van der Waals surface area contributed by atoms with Crippen LogP contribution < -0.4 is 10.6 Å². The van der Waals surface area contributed by atoms with E-state index in [4.69, 9.17) is 0 Å². The molecule has 0 saturated carbocycles. The molecule has 1 saturated heterocycles. The number of nitrogens with one attached hydrogen (secondary N) is 2. The van der Waals surface area contributed by atoms with Crippen molar-refractivity contribution in [2.24, 2.45) is 5.92 Å². The third-order valence-electron chi connectivity index (χ3n) is 3.44. The molecule has 19 heavy (non-hydrogen) atoms. The Morgan fingerprint density at radius 1 is 1.63 bits per heavy atom. The minimum atomic E-state index is -0.326. The van der Waals surface area contributed by atoms with Crippen LogP contribution >= 0.6 is 36.2 Å². The van der Waals surface area contributed by atoms with Crippen molar-refractivity contribution in [3.63, 3.8) is 0 Å². The lowest BCUT2D eigenvalue weighted by atomic mass is 9.97. The molecule has 2 atom stereocenters. The first-order chi connectivity index (χ1) is 8.15. The molecule has 0 aromatic carbocycles. The molecule has 110 valence electrons. The molecule has 0 bridgehead atoms. The second-order valence-electron chi connectivity index (χ2n) is 4.70. The summed E-state index contributed by atoms with van der Waals surface area (Å²) in [7, 11) is 0. The topological polar surface area (TPSA) is 54.0 Å². The maximum Gasteiger partial charge on any atom is 0.225 e. The number of halogens is 2. The molecule has 0 aliphatic carbocycles. The van der Waals surface area contributed by atoms with Gasteiger partial charge in [-0.3, -0.25) is 4.79 Å². The van der Waals surface area contributed by atoms with Crippen molar-refractivity contribution in [3.8, 4) is 0 Å². The third kappa shape index (κ3) is 4.31. The van der Waals surface area contributed by atoms with Gasteiger partial charge in [-0.15, -0.1) is 36.2 Å². The highest BCUT2D eigenvalue weighted by Gasteiger charge is 2.32. The average molecular weight is 326 g/mol. The van der Waals surface area contributed by atoms with E-state index in [0.29, 0.717) is 0 Å². The van der Waals surface area contributed by atoms with Gasteiger partial charge in [0.1, 0.15) is 5.01 Å². The van der Waals surface area contributed by atoms with Gasteiger partial charge in [-0.1, -0.05) is 6.92 Å². The van der Waals surface area contributed by atoms with E-state index in [1.54, 1.807) is 17.5 Å². The number of carbonyl (C=O) groups is 1. The number of hydrogen-bond acceptors (Lipinski definition) is 4. The Morgan fingerprint density at radius 2 is 2.37 bits per heavy atom. The Labute approximate surface area is 130 Å². The summed E-state index contributed by atoms with van der Waals surface area (Å²) in [5.74, 6) is 0.260. The number of rotatable bonds is 4. The summed E-state index contributed by atoms with van der Waals surface area (Å²) in [5.41, 5.74) is -0.326. The van der Waals surface area contributed by atoms with Crippen LogP contribution in [0.25, 0.3) is 0 Å². The molecule has 2 rings (SSSR count). The number of hydrogen-bond donors (Lipinski definition) is 2. The van der Waals surface area contributed by atoms with Gasteiger partial charge >= 0.3 is 0 Å². The first-order valence-electron chi connectivity index (χ1n) is 6.08. The SMILES string of the molecule is CCC(C)(NC(=O)C1CCNC1)c1nccs1.Cl.Cl. The van der Waals surface area contributed by atoms with Gasteiger partial charge < -0.3 is 10.6 Å². The maximum absolute atomic E-state index is 12.1. The van der Waals surface area contributed by atoms with Crippen LogP contribution in [0.15, 0.2) is 11.6 Å². The van der Waals surface area contributed by atoms with E-state index in [-0.39, 0.29) is 42.2 Å². The van der Waals surface area contributed by atoms with Gasteiger partial charge in [0.05, 0.1) is 11.5 Å². The smallest absolute Gasteiger partial charge is 0.225 e. The molecule has 2 unspecified atom stereocenters. The highest BCUT2D eigenvalue weighted by molar-refractivity contribution is 7.09. The van der Waals surface area contributed by atoms with Gasteiger partial charge in [-0.25, -0.2) is 4.98 Å². The van der Waals surface area contributed by atoms with E-state index in [1.165, 1.54) is 0 Å². The molecule has 1 aromatic rings. The molecule has 1 aliphatic rings. The fraction of sp³-hybridized carbons (Fsp3) is 0.667. The van der Waals surface area contributed by atoms with Gasteiger partial charge in [0.2, 0.25) is 5.91 Å². The molecular weight excluding hydrogens is 305 g/mol. The van der Waals surface area contributed by atoms with Gasteiger partial charge in [-0.05, 0) is 26.3 Å². The Hall–Kier alpha value is -0.360. The predicted octanol–water partition coefficient (Wildman–Crippen LogP) is 2.34. The number of nitrogens with zero attached hydrogens (tertiary/aromatic N) is 1. The lowest BCUT2D eigenvalue weighted by Crippen LogP contribution is -2.46. The monoisotopic (exact) mass is 325 g/mol. The molecule has 1 fully saturated rings.